The van der Waals surface area contributed by atoms with Crippen LogP contribution in [0.4, 0.5) is 0 Å². The van der Waals surface area contributed by atoms with Crippen LogP contribution in [0.5, 0.6) is 0 Å². The molecule has 0 radical (unpaired) electrons. The molecule has 2 atom stereocenters. The van der Waals surface area contributed by atoms with Gasteiger partial charge < -0.3 is 10.4 Å². The topological polar surface area (TPSA) is 62.2 Å². The van der Waals surface area contributed by atoms with Crippen LogP contribution in [0.25, 0.3) is 0 Å². The number of pyridine rings is 1. The van der Waals surface area contributed by atoms with Crippen LogP contribution in [-0.2, 0) is 0 Å². The molecule has 112 valence electrons. The highest BCUT2D eigenvalue weighted by molar-refractivity contribution is 5.94. The summed E-state index contributed by atoms with van der Waals surface area (Å²) < 4.78 is 0. The van der Waals surface area contributed by atoms with Crippen molar-refractivity contribution in [1.29, 1.82) is 0 Å². The maximum absolute atomic E-state index is 12.4. The van der Waals surface area contributed by atoms with Crippen LogP contribution in [0.1, 0.15) is 55.1 Å². The Hall–Kier alpha value is -1.86. The monoisotopic (exact) mass is 286 g/mol. The van der Waals surface area contributed by atoms with Crippen molar-refractivity contribution in [2.24, 2.45) is 5.92 Å². The van der Waals surface area contributed by atoms with Crippen LogP contribution in [0.2, 0.25) is 0 Å². The third kappa shape index (κ3) is 4.57. The maximum atomic E-state index is 12.4. The molecule has 2 rings (SSSR count). The normalized spacial score (nSPS) is 21.8. The van der Waals surface area contributed by atoms with Gasteiger partial charge in [0, 0.05) is 12.2 Å². The highest BCUT2D eigenvalue weighted by atomic mass is 16.2. The maximum Gasteiger partial charge on any atom is 0.271 e. The Morgan fingerprint density at radius 3 is 3.10 bits per heavy atom. The quantitative estimate of drug-likeness (QED) is 0.646. The van der Waals surface area contributed by atoms with E-state index < -0.39 is 0 Å². The fraction of sp³-hybridized carbons (Fsp3) is 0.529. The molecule has 0 aliphatic heterocycles. The number of nitrogens with zero attached hydrogens (tertiary/aromatic N) is 1. The van der Waals surface area contributed by atoms with Gasteiger partial charge in [0.2, 0.25) is 0 Å². The van der Waals surface area contributed by atoms with Crippen molar-refractivity contribution in [3.8, 4) is 11.8 Å². The highest BCUT2D eigenvalue weighted by Gasteiger charge is 2.20. The van der Waals surface area contributed by atoms with E-state index in [0.29, 0.717) is 11.3 Å². The van der Waals surface area contributed by atoms with E-state index in [4.69, 9.17) is 5.11 Å². The van der Waals surface area contributed by atoms with E-state index in [1.165, 1.54) is 6.42 Å². The lowest BCUT2D eigenvalue weighted by Crippen LogP contribution is -2.35. The number of amides is 1. The zero-order valence-corrected chi connectivity index (χ0v) is 12.4. The molecule has 2 N–H and O–H groups in total. The predicted octanol–water partition coefficient (Wildman–Crippen LogP) is 2.12. The summed E-state index contributed by atoms with van der Waals surface area (Å²) in [6.07, 6.45) is 7.20. The first-order valence-electron chi connectivity index (χ1n) is 7.56. The summed E-state index contributed by atoms with van der Waals surface area (Å²) in [6.45, 7) is 2.04. The second kappa shape index (κ2) is 7.80. The molecule has 1 aromatic heterocycles. The number of hydrogen-bond donors (Lipinski definition) is 2. The summed E-state index contributed by atoms with van der Waals surface area (Å²) in [5, 5.41) is 11.9. The predicted molar refractivity (Wildman–Crippen MR) is 81.7 cm³/mol. The lowest BCUT2D eigenvalue weighted by atomic mass is 10.0. The lowest BCUT2D eigenvalue weighted by molar-refractivity contribution is 0.0928. The van der Waals surface area contributed by atoms with Crippen molar-refractivity contribution in [3.05, 3.63) is 29.6 Å². The third-order valence-electron chi connectivity index (χ3n) is 3.92. The average Bonchev–Trinajstić information content (AvgIpc) is 2.70. The zero-order chi connectivity index (χ0) is 15.1. The summed E-state index contributed by atoms with van der Waals surface area (Å²) in [5.74, 6) is 5.92. The molecule has 21 heavy (non-hydrogen) atoms. The van der Waals surface area contributed by atoms with Crippen LogP contribution < -0.4 is 5.32 Å². The van der Waals surface area contributed by atoms with Crippen molar-refractivity contribution >= 4 is 5.91 Å². The van der Waals surface area contributed by atoms with Gasteiger partial charge in [0.15, 0.2) is 0 Å². The molecule has 1 aliphatic carbocycles. The minimum absolute atomic E-state index is 0.169. The Labute approximate surface area is 126 Å². The minimum Gasteiger partial charge on any atom is -0.384 e. The molecule has 1 saturated carbocycles. The van der Waals surface area contributed by atoms with Crippen LogP contribution >= 0.6 is 0 Å². The van der Waals surface area contributed by atoms with Gasteiger partial charge in [0.05, 0.1) is 5.56 Å². The Kier molecular flexibility index (Phi) is 5.77. The van der Waals surface area contributed by atoms with E-state index in [0.717, 1.165) is 31.6 Å². The van der Waals surface area contributed by atoms with Gasteiger partial charge in [-0.15, -0.1) is 0 Å². The zero-order valence-electron chi connectivity index (χ0n) is 12.4. The summed E-state index contributed by atoms with van der Waals surface area (Å²) >= 11 is 0. The molecule has 1 aliphatic rings. The summed E-state index contributed by atoms with van der Waals surface area (Å²) in [5.41, 5.74) is 0.904. The van der Waals surface area contributed by atoms with Crippen molar-refractivity contribution in [2.75, 3.05) is 6.61 Å². The number of hydrogen-bond acceptors (Lipinski definition) is 3. The van der Waals surface area contributed by atoms with Crippen LogP contribution in [0, 0.1) is 17.8 Å². The summed E-state index contributed by atoms with van der Waals surface area (Å²) in [4.78, 5) is 16.5. The van der Waals surface area contributed by atoms with Gasteiger partial charge in [-0.1, -0.05) is 31.6 Å². The van der Waals surface area contributed by atoms with E-state index in [1.807, 2.05) is 0 Å². The second-order valence-corrected chi connectivity index (χ2v) is 5.64. The summed E-state index contributed by atoms with van der Waals surface area (Å²) in [6, 6.07) is 3.72. The SMILES string of the molecule is CC1CCCC(NC(=O)c2ncccc2C#CCO)CC1. The Balaban J connectivity index is 2.06. The first kappa shape index (κ1) is 15.5. The fourth-order valence-corrected chi connectivity index (χ4v) is 2.71. The molecule has 1 heterocycles. The molecule has 0 aromatic carbocycles. The molecule has 4 nitrogen and oxygen atoms in total. The van der Waals surface area contributed by atoms with Gasteiger partial charge in [-0.3, -0.25) is 4.79 Å². The molecular weight excluding hydrogens is 264 g/mol. The van der Waals surface area contributed by atoms with E-state index in [9.17, 15) is 4.79 Å². The van der Waals surface area contributed by atoms with E-state index in [-0.39, 0.29) is 18.6 Å². The van der Waals surface area contributed by atoms with Crippen molar-refractivity contribution < 1.29 is 9.90 Å². The molecule has 2 unspecified atom stereocenters. The second-order valence-electron chi connectivity index (χ2n) is 5.64. The summed E-state index contributed by atoms with van der Waals surface area (Å²) in [7, 11) is 0. The van der Waals surface area contributed by atoms with Crippen molar-refractivity contribution in [3.63, 3.8) is 0 Å². The number of carbonyl (C=O) groups is 1. The Bertz CT molecular complexity index is 545. The molecule has 1 amide bonds. The van der Waals surface area contributed by atoms with Crippen LogP contribution in [-0.4, -0.2) is 28.6 Å². The van der Waals surface area contributed by atoms with E-state index >= 15 is 0 Å². The number of carbonyl (C=O) groups excluding carboxylic acids is 1. The average molecular weight is 286 g/mol. The number of aromatic nitrogens is 1. The molecule has 1 aromatic rings. The van der Waals surface area contributed by atoms with Crippen LogP contribution in [0.15, 0.2) is 18.3 Å². The smallest absolute Gasteiger partial charge is 0.271 e. The lowest BCUT2D eigenvalue weighted by Gasteiger charge is -2.16. The van der Waals surface area contributed by atoms with Gasteiger partial charge >= 0.3 is 0 Å². The van der Waals surface area contributed by atoms with E-state index in [1.54, 1.807) is 18.3 Å². The standard InChI is InChI=1S/C17H22N2O2/c1-13-5-2-8-15(10-9-13)19-17(21)16-14(7-4-12-20)6-3-11-18-16/h3,6,11,13,15,20H,2,5,8-10,12H2,1H3,(H,19,21). The first-order valence-corrected chi connectivity index (χ1v) is 7.56. The van der Waals surface area contributed by atoms with Gasteiger partial charge in [-0.2, -0.15) is 0 Å². The largest absolute Gasteiger partial charge is 0.384 e. The highest BCUT2D eigenvalue weighted by Crippen LogP contribution is 2.22. The van der Waals surface area contributed by atoms with Gasteiger partial charge in [-0.25, -0.2) is 4.98 Å². The molecule has 4 heteroatoms. The third-order valence-corrected chi connectivity index (χ3v) is 3.92. The Morgan fingerprint density at radius 1 is 1.43 bits per heavy atom. The molecule has 0 bridgehead atoms. The minimum atomic E-state index is -0.226. The fourth-order valence-electron chi connectivity index (χ4n) is 2.71. The van der Waals surface area contributed by atoms with Crippen molar-refractivity contribution in [1.82, 2.24) is 10.3 Å². The number of rotatable bonds is 2. The van der Waals surface area contributed by atoms with Gasteiger partial charge in [0.1, 0.15) is 12.3 Å². The molecule has 1 fully saturated rings. The molecule has 0 saturated heterocycles. The van der Waals surface area contributed by atoms with E-state index in [2.05, 4.69) is 29.1 Å². The van der Waals surface area contributed by atoms with Crippen LogP contribution in [0.3, 0.4) is 0 Å². The molecule has 0 spiro atoms. The Morgan fingerprint density at radius 2 is 2.29 bits per heavy atom. The molecular formula is C17H22N2O2. The number of aliphatic hydroxyl groups excluding tert-OH is 1. The first-order chi connectivity index (χ1) is 10.2. The van der Waals surface area contributed by atoms with Crippen molar-refractivity contribution in [2.45, 2.75) is 45.1 Å². The van der Waals surface area contributed by atoms with Gasteiger partial charge in [0.25, 0.3) is 5.91 Å². The number of aliphatic hydroxyl groups is 1. The van der Waals surface area contributed by atoms with Gasteiger partial charge in [-0.05, 0) is 37.3 Å². The number of nitrogens with one attached hydrogen (secondary N) is 1.